The number of hydrogen-bond donors (Lipinski definition) is 1. The summed E-state index contributed by atoms with van der Waals surface area (Å²) in [6.07, 6.45) is 3.28. The zero-order valence-electron chi connectivity index (χ0n) is 11.1. The quantitative estimate of drug-likeness (QED) is 0.920. The summed E-state index contributed by atoms with van der Waals surface area (Å²) in [6.45, 7) is 0.269. The first-order valence-corrected chi connectivity index (χ1v) is 6.70. The van der Waals surface area contributed by atoms with Gasteiger partial charge in [-0.3, -0.25) is 4.79 Å². The largest absolute Gasteiger partial charge is 0.354 e. The third-order valence-electron chi connectivity index (χ3n) is 3.73. The second-order valence-electron chi connectivity index (χ2n) is 5.18. The molecule has 0 radical (unpaired) electrons. The molecule has 20 heavy (non-hydrogen) atoms. The molecule has 3 nitrogen and oxygen atoms in total. The van der Waals surface area contributed by atoms with E-state index < -0.39 is 17.0 Å². The summed E-state index contributed by atoms with van der Waals surface area (Å²) in [5, 5.41) is 11.9. The zero-order valence-corrected chi connectivity index (χ0v) is 11.1. The fourth-order valence-corrected chi connectivity index (χ4v) is 2.61. The van der Waals surface area contributed by atoms with Gasteiger partial charge in [-0.2, -0.15) is 5.26 Å². The predicted molar refractivity (Wildman–Crippen MR) is 69.6 cm³/mol. The Morgan fingerprint density at radius 3 is 2.40 bits per heavy atom. The highest BCUT2D eigenvalue weighted by Crippen LogP contribution is 2.37. The number of benzene rings is 1. The molecule has 2 rings (SSSR count). The van der Waals surface area contributed by atoms with Gasteiger partial charge in [-0.05, 0) is 37.0 Å². The molecule has 1 aromatic carbocycles. The minimum Gasteiger partial charge on any atom is -0.354 e. The molecular formula is C15H16F2N2O. The van der Waals surface area contributed by atoms with Crippen molar-refractivity contribution in [1.82, 2.24) is 5.32 Å². The average molecular weight is 278 g/mol. The van der Waals surface area contributed by atoms with E-state index in [4.69, 9.17) is 5.26 Å². The van der Waals surface area contributed by atoms with Crippen LogP contribution in [0.15, 0.2) is 18.2 Å². The maximum atomic E-state index is 13.0. The monoisotopic (exact) mass is 278 g/mol. The van der Waals surface area contributed by atoms with Gasteiger partial charge in [-0.15, -0.1) is 0 Å². The summed E-state index contributed by atoms with van der Waals surface area (Å²) in [6, 6.07) is 5.40. The lowest BCUT2D eigenvalue weighted by Gasteiger charge is -2.19. The summed E-state index contributed by atoms with van der Waals surface area (Å²) in [7, 11) is 0. The number of carbonyl (C=O) groups excluding carboxylic acids is 1. The fourth-order valence-electron chi connectivity index (χ4n) is 2.61. The molecule has 1 saturated carbocycles. The van der Waals surface area contributed by atoms with Crippen molar-refractivity contribution in [2.24, 2.45) is 5.41 Å². The number of halogens is 2. The van der Waals surface area contributed by atoms with E-state index in [2.05, 4.69) is 11.4 Å². The fraction of sp³-hybridized carbons (Fsp3) is 0.467. The van der Waals surface area contributed by atoms with Gasteiger partial charge in [0.25, 0.3) is 0 Å². The predicted octanol–water partition coefficient (Wildman–Crippen LogP) is 2.71. The van der Waals surface area contributed by atoms with E-state index in [-0.39, 0.29) is 12.5 Å². The maximum absolute atomic E-state index is 13.0. The number of rotatable bonds is 4. The Bertz CT molecular complexity index is 525. The van der Waals surface area contributed by atoms with Gasteiger partial charge in [0.15, 0.2) is 0 Å². The Labute approximate surface area is 116 Å². The van der Waals surface area contributed by atoms with Crippen LogP contribution in [0.5, 0.6) is 0 Å². The van der Waals surface area contributed by atoms with Crippen LogP contribution in [0.25, 0.3) is 0 Å². The molecule has 0 atom stereocenters. The lowest BCUT2D eigenvalue weighted by Crippen LogP contribution is -2.39. The van der Waals surface area contributed by atoms with Crippen molar-refractivity contribution in [1.29, 1.82) is 5.26 Å². The third kappa shape index (κ3) is 3.13. The van der Waals surface area contributed by atoms with Crippen LogP contribution < -0.4 is 5.32 Å². The zero-order chi connectivity index (χ0) is 14.6. The van der Waals surface area contributed by atoms with Gasteiger partial charge in [0, 0.05) is 12.6 Å². The van der Waals surface area contributed by atoms with Gasteiger partial charge in [-0.1, -0.05) is 12.8 Å². The highest BCUT2D eigenvalue weighted by molar-refractivity contribution is 5.85. The second kappa shape index (κ2) is 6.00. The van der Waals surface area contributed by atoms with Gasteiger partial charge < -0.3 is 5.32 Å². The van der Waals surface area contributed by atoms with Gasteiger partial charge in [0.1, 0.15) is 17.0 Å². The first-order valence-electron chi connectivity index (χ1n) is 6.70. The Hall–Kier alpha value is -1.96. The summed E-state index contributed by atoms with van der Waals surface area (Å²) >= 11 is 0. The molecule has 1 fully saturated rings. The highest BCUT2D eigenvalue weighted by atomic mass is 19.1. The number of hydrogen-bond acceptors (Lipinski definition) is 2. The molecule has 0 aliphatic heterocycles. The number of nitrogens with one attached hydrogen (secondary N) is 1. The van der Waals surface area contributed by atoms with Crippen LogP contribution in [0, 0.1) is 28.4 Å². The molecule has 0 unspecified atom stereocenters. The molecule has 0 heterocycles. The summed E-state index contributed by atoms with van der Waals surface area (Å²) in [5.41, 5.74) is -0.423. The van der Waals surface area contributed by atoms with E-state index in [1.54, 1.807) is 0 Å². The van der Waals surface area contributed by atoms with Gasteiger partial charge in [-0.25, -0.2) is 8.78 Å². The smallest absolute Gasteiger partial charge is 0.240 e. The van der Waals surface area contributed by atoms with Gasteiger partial charge in [0.2, 0.25) is 5.91 Å². The van der Waals surface area contributed by atoms with Crippen molar-refractivity contribution in [2.45, 2.75) is 32.1 Å². The van der Waals surface area contributed by atoms with Gasteiger partial charge in [0.05, 0.1) is 6.07 Å². The summed E-state index contributed by atoms with van der Waals surface area (Å²) < 4.78 is 26.0. The van der Waals surface area contributed by atoms with Crippen LogP contribution in [-0.2, 0) is 11.2 Å². The van der Waals surface area contributed by atoms with Crippen LogP contribution >= 0.6 is 0 Å². The van der Waals surface area contributed by atoms with Crippen LogP contribution in [0.2, 0.25) is 0 Å². The topological polar surface area (TPSA) is 52.9 Å². The maximum Gasteiger partial charge on any atom is 0.240 e. The van der Waals surface area contributed by atoms with Crippen LogP contribution in [0.3, 0.4) is 0 Å². The molecule has 1 aromatic rings. The van der Waals surface area contributed by atoms with Crippen molar-refractivity contribution >= 4 is 5.91 Å². The van der Waals surface area contributed by atoms with Crippen LogP contribution in [0.4, 0.5) is 8.78 Å². The number of amides is 1. The Balaban J connectivity index is 1.89. The molecule has 106 valence electrons. The molecule has 1 amide bonds. The van der Waals surface area contributed by atoms with E-state index >= 15 is 0 Å². The SMILES string of the molecule is N#CC1(C(=O)NCCc2cc(F)cc(F)c2)CCCC1. The van der Waals surface area contributed by atoms with E-state index in [0.29, 0.717) is 24.8 Å². The first-order chi connectivity index (χ1) is 9.55. The molecule has 0 saturated heterocycles. The molecule has 1 aliphatic carbocycles. The molecule has 0 bridgehead atoms. The van der Waals surface area contributed by atoms with Crippen molar-refractivity contribution in [3.63, 3.8) is 0 Å². The molecule has 5 heteroatoms. The molecule has 0 spiro atoms. The van der Waals surface area contributed by atoms with Crippen LogP contribution in [0.1, 0.15) is 31.2 Å². The Morgan fingerprint density at radius 2 is 1.85 bits per heavy atom. The molecule has 1 N–H and O–H groups in total. The Kier molecular flexibility index (Phi) is 4.33. The molecular weight excluding hydrogens is 262 g/mol. The molecule has 1 aliphatic rings. The van der Waals surface area contributed by atoms with Crippen molar-refractivity contribution in [3.05, 3.63) is 35.4 Å². The Morgan fingerprint density at radius 1 is 1.25 bits per heavy atom. The summed E-state index contributed by atoms with van der Waals surface area (Å²) in [5.74, 6) is -1.53. The van der Waals surface area contributed by atoms with E-state index in [0.717, 1.165) is 18.9 Å². The number of nitrogens with zero attached hydrogens (tertiary/aromatic N) is 1. The molecule has 0 aromatic heterocycles. The lowest BCUT2D eigenvalue weighted by molar-refractivity contribution is -0.127. The second-order valence-corrected chi connectivity index (χ2v) is 5.18. The van der Waals surface area contributed by atoms with Gasteiger partial charge >= 0.3 is 0 Å². The normalized spacial score (nSPS) is 16.6. The first kappa shape index (κ1) is 14.4. The van der Waals surface area contributed by atoms with Crippen molar-refractivity contribution < 1.29 is 13.6 Å². The highest BCUT2D eigenvalue weighted by Gasteiger charge is 2.41. The standard InChI is InChI=1S/C15H16F2N2O/c16-12-7-11(8-13(17)9-12)3-6-19-14(20)15(10-18)4-1-2-5-15/h7-9H,1-6H2,(H,19,20). The minimum atomic E-state index is -0.910. The van der Waals surface area contributed by atoms with E-state index in [1.165, 1.54) is 12.1 Å². The van der Waals surface area contributed by atoms with Crippen LogP contribution in [-0.4, -0.2) is 12.5 Å². The lowest BCUT2D eigenvalue weighted by atomic mass is 9.87. The van der Waals surface area contributed by atoms with E-state index in [1.807, 2.05) is 0 Å². The average Bonchev–Trinajstić information content (AvgIpc) is 2.87. The van der Waals surface area contributed by atoms with Crippen molar-refractivity contribution in [2.75, 3.05) is 6.54 Å². The van der Waals surface area contributed by atoms with Crippen molar-refractivity contribution in [3.8, 4) is 6.07 Å². The minimum absolute atomic E-state index is 0.269. The number of carbonyl (C=O) groups is 1. The summed E-state index contributed by atoms with van der Waals surface area (Å²) in [4.78, 5) is 12.0. The number of nitriles is 1. The third-order valence-corrected chi connectivity index (χ3v) is 3.73. The van der Waals surface area contributed by atoms with E-state index in [9.17, 15) is 13.6 Å².